The first-order valence-corrected chi connectivity index (χ1v) is 8.98. The maximum absolute atomic E-state index is 12.2. The Bertz CT molecular complexity index is 1020. The van der Waals surface area contributed by atoms with Crippen LogP contribution in [-0.2, 0) is 20.7 Å². The maximum atomic E-state index is 12.2. The number of nitro groups is 1. The zero-order valence-corrected chi connectivity index (χ0v) is 14.2. The minimum Gasteiger partial charge on any atom is -0.361 e. The fourth-order valence-electron chi connectivity index (χ4n) is 2.52. The van der Waals surface area contributed by atoms with Crippen LogP contribution in [-0.4, -0.2) is 24.9 Å². The third-order valence-corrected chi connectivity index (χ3v) is 5.21. The molecule has 0 bridgehead atoms. The number of hydrogen-bond acceptors (Lipinski definition) is 5. The van der Waals surface area contributed by atoms with Gasteiger partial charge in [0.15, 0.2) is 0 Å². The van der Waals surface area contributed by atoms with Gasteiger partial charge in [-0.2, -0.15) is 8.42 Å². The number of aryl methyl sites for hydroxylation is 1. The normalized spacial score (nSPS) is 11.7. The number of benzene rings is 2. The van der Waals surface area contributed by atoms with E-state index in [-0.39, 0.29) is 17.2 Å². The lowest BCUT2D eigenvalue weighted by atomic mass is 10.1. The molecule has 0 saturated heterocycles. The molecule has 2 aromatic carbocycles. The molecule has 0 radical (unpaired) electrons. The highest BCUT2D eigenvalue weighted by atomic mass is 32.2. The summed E-state index contributed by atoms with van der Waals surface area (Å²) in [6, 6.07) is 10.9. The highest BCUT2D eigenvalue weighted by molar-refractivity contribution is 7.86. The quantitative estimate of drug-likeness (QED) is 0.413. The Kier molecular flexibility index (Phi) is 4.56. The highest BCUT2D eigenvalue weighted by Gasteiger charge is 2.16. The first-order chi connectivity index (χ1) is 11.9. The summed E-state index contributed by atoms with van der Waals surface area (Å²) in [4.78, 5) is 13.5. The van der Waals surface area contributed by atoms with Crippen molar-refractivity contribution in [3.63, 3.8) is 0 Å². The van der Waals surface area contributed by atoms with Gasteiger partial charge in [0.2, 0.25) is 0 Å². The van der Waals surface area contributed by atoms with E-state index in [9.17, 15) is 18.5 Å². The molecule has 3 aromatic rings. The van der Waals surface area contributed by atoms with Gasteiger partial charge in [-0.15, -0.1) is 0 Å². The zero-order valence-electron chi connectivity index (χ0n) is 13.4. The van der Waals surface area contributed by atoms with E-state index in [1.165, 1.54) is 24.3 Å². The Labute approximate surface area is 144 Å². The Hall–Kier alpha value is -2.71. The second-order valence-electron chi connectivity index (χ2n) is 5.64. The van der Waals surface area contributed by atoms with Crippen molar-refractivity contribution in [3.8, 4) is 0 Å². The molecule has 0 aliphatic rings. The molecule has 0 saturated carbocycles. The number of H-pyrrole nitrogens is 1. The van der Waals surface area contributed by atoms with Gasteiger partial charge in [0, 0.05) is 29.2 Å². The van der Waals surface area contributed by atoms with Crippen LogP contribution >= 0.6 is 0 Å². The number of rotatable bonds is 6. The fraction of sp³-hybridized carbons (Fsp3) is 0.176. The van der Waals surface area contributed by atoms with Gasteiger partial charge in [-0.3, -0.25) is 14.3 Å². The molecule has 0 fully saturated rings. The fourth-order valence-corrected chi connectivity index (χ4v) is 3.43. The van der Waals surface area contributed by atoms with Crippen molar-refractivity contribution in [2.75, 3.05) is 6.61 Å². The smallest absolute Gasteiger partial charge is 0.296 e. The largest absolute Gasteiger partial charge is 0.361 e. The molecule has 0 spiro atoms. The zero-order chi connectivity index (χ0) is 18.0. The van der Waals surface area contributed by atoms with Gasteiger partial charge in [0.1, 0.15) is 0 Å². The van der Waals surface area contributed by atoms with Crippen molar-refractivity contribution >= 4 is 26.7 Å². The summed E-state index contributed by atoms with van der Waals surface area (Å²) in [7, 11) is -3.82. The molecule has 0 aliphatic heterocycles. The third kappa shape index (κ3) is 3.70. The average molecular weight is 360 g/mol. The first kappa shape index (κ1) is 17.1. The monoisotopic (exact) mass is 360 g/mol. The summed E-state index contributed by atoms with van der Waals surface area (Å²) in [5.41, 5.74) is 2.46. The number of nitrogens with one attached hydrogen (secondary N) is 1. The van der Waals surface area contributed by atoms with Gasteiger partial charge in [-0.1, -0.05) is 17.7 Å². The molecular weight excluding hydrogens is 344 g/mol. The Morgan fingerprint density at radius 3 is 2.56 bits per heavy atom. The van der Waals surface area contributed by atoms with Crippen LogP contribution in [0.25, 0.3) is 10.9 Å². The number of aromatic nitrogens is 1. The molecule has 7 nitrogen and oxygen atoms in total. The molecule has 0 amide bonds. The van der Waals surface area contributed by atoms with Crippen molar-refractivity contribution in [3.05, 3.63) is 69.9 Å². The maximum Gasteiger partial charge on any atom is 0.296 e. The summed E-state index contributed by atoms with van der Waals surface area (Å²) >= 11 is 0. The molecule has 1 aromatic heterocycles. The van der Waals surface area contributed by atoms with Crippen LogP contribution in [0.15, 0.2) is 53.6 Å². The number of non-ortho nitro benzene ring substituents is 1. The van der Waals surface area contributed by atoms with Crippen molar-refractivity contribution < 1.29 is 17.5 Å². The van der Waals surface area contributed by atoms with Crippen LogP contribution in [0.4, 0.5) is 5.69 Å². The summed E-state index contributed by atoms with van der Waals surface area (Å²) in [6.45, 7) is 1.82. The van der Waals surface area contributed by atoms with Gasteiger partial charge < -0.3 is 4.98 Å². The van der Waals surface area contributed by atoms with Crippen LogP contribution in [0.3, 0.4) is 0 Å². The van der Waals surface area contributed by atoms with Crippen molar-refractivity contribution in [2.24, 2.45) is 0 Å². The van der Waals surface area contributed by atoms with E-state index in [2.05, 4.69) is 4.98 Å². The van der Waals surface area contributed by atoms with E-state index in [4.69, 9.17) is 4.18 Å². The number of fused-ring (bicyclic) bond motifs is 1. The first-order valence-electron chi connectivity index (χ1n) is 7.57. The average Bonchev–Trinajstić information content (AvgIpc) is 2.97. The molecule has 0 aliphatic carbocycles. The van der Waals surface area contributed by atoms with Crippen molar-refractivity contribution in [1.29, 1.82) is 0 Å². The van der Waals surface area contributed by atoms with Gasteiger partial charge >= 0.3 is 0 Å². The van der Waals surface area contributed by atoms with E-state index < -0.39 is 15.0 Å². The molecule has 8 heteroatoms. The Balaban J connectivity index is 1.73. The van der Waals surface area contributed by atoms with Gasteiger partial charge in [-0.25, -0.2) is 0 Å². The molecule has 25 heavy (non-hydrogen) atoms. The summed E-state index contributed by atoms with van der Waals surface area (Å²) in [5, 5.41) is 11.6. The molecule has 1 N–H and O–H groups in total. The van der Waals surface area contributed by atoms with E-state index in [0.717, 1.165) is 16.6 Å². The number of nitrogens with zero attached hydrogens (tertiary/aromatic N) is 1. The second-order valence-corrected chi connectivity index (χ2v) is 7.26. The van der Waals surface area contributed by atoms with Crippen LogP contribution in [0.1, 0.15) is 11.1 Å². The van der Waals surface area contributed by atoms with E-state index in [1.54, 1.807) is 24.4 Å². The van der Waals surface area contributed by atoms with Crippen LogP contribution in [0.5, 0.6) is 0 Å². The van der Waals surface area contributed by atoms with E-state index in [1.807, 2.05) is 6.92 Å². The lowest BCUT2D eigenvalue weighted by Gasteiger charge is -2.06. The second kappa shape index (κ2) is 6.66. The molecule has 0 unspecified atom stereocenters. The third-order valence-electron chi connectivity index (χ3n) is 3.88. The molecular formula is C17H16N2O5S. The topological polar surface area (TPSA) is 102 Å². The summed E-state index contributed by atoms with van der Waals surface area (Å²) in [6.07, 6.45) is 2.02. The summed E-state index contributed by atoms with van der Waals surface area (Å²) in [5.74, 6) is 0. The Morgan fingerprint density at radius 2 is 1.88 bits per heavy atom. The van der Waals surface area contributed by atoms with Crippen molar-refractivity contribution in [2.45, 2.75) is 18.2 Å². The van der Waals surface area contributed by atoms with Gasteiger partial charge in [0.25, 0.3) is 15.8 Å². The van der Waals surface area contributed by atoms with Gasteiger partial charge in [-0.05, 0) is 37.1 Å². The SMILES string of the molecule is Cc1ccc(S(=O)(=O)OCCc2c[nH]c3ccc([N+](=O)[O-])cc23)cc1. The molecule has 1 heterocycles. The lowest BCUT2D eigenvalue weighted by Crippen LogP contribution is -2.09. The van der Waals surface area contributed by atoms with E-state index >= 15 is 0 Å². The number of nitro benzene ring substituents is 1. The Morgan fingerprint density at radius 1 is 1.16 bits per heavy atom. The van der Waals surface area contributed by atoms with Crippen LogP contribution in [0.2, 0.25) is 0 Å². The summed E-state index contributed by atoms with van der Waals surface area (Å²) < 4.78 is 29.4. The van der Waals surface area contributed by atoms with Crippen molar-refractivity contribution in [1.82, 2.24) is 4.98 Å². The molecule has 130 valence electrons. The van der Waals surface area contributed by atoms with Crippen LogP contribution in [0, 0.1) is 17.0 Å². The predicted molar refractivity (Wildman–Crippen MR) is 93.0 cm³/mol. The van der Waals surface area contributed by atoms with Crippen LogP contribution < -0.4 is 0 Å². The lowest BCUT2D eigenvalue weighted by molar-refractivity contribution is -0.384. The number of aromatic amines is 1. The van der Waals surface area contributed by atoms with E-state index in [0.29, 0.717) is 11.8 Å². The highest BCUT2D eigenvalue weighted by Crippen LogP contribution is 2.24. The standard InChI is InChI=1S/C17H16N2O5S/c1-12-2-5-15(6-3-12)25(22,23)24-9-8-13-11-18-17-7-4-14(19(20)21)10-16(13)17/h2-7,10-11,18H,8-9H2,1H3. The predicted octanol–water partition coefficient (Wildman–Crippen LogP) is 3.33. The molecule has 3 rings (SSSR count). The molecule has 0 atom stereocenters. The minimum atomic E-state index is -3.82. The number of hydrogen-bond donors (Lipinski definition) is 1. The minimum absolute atomic E-state index is 0.0125. The van der Waals surface area contributed by atoms with Gasteiger partial charge in [0.05, 0.1) is 16.4 Å².